The van der Waals surface area contributed by atoms with Crippen molar-refractivity contribution in [2.24, 2.45) is 0 Å². The van der Waals surface area contributed by atoms with E-state index in [0.717, 1.165) is 61.7 Å². The Labute approximate surface area is 336 Å². The second-order valence-electron chi connectivity index (χ2n) is 13.6. The maximum absolute atomic E-state index is 4.75. The van der Waals surface area contributed by atoms with Gasteiger partial charge < -0.3 is 9.97 Å². The van der Waals surface area contributed by atoms with Gasteiger partial charge in [0.05, 0.1) is 5.52 Å². The van der Waals surface area contributed by atoms with Gasteiger partial charge >= 0.3 is 0 Å². The summed E-state index contributed by atoms with van der Waals surface area (Å²) in [5, 5.41) is 3.59. The van der Waals surface area contributed by atoms with Crippen molar-refractivity contribution < 1.29 is 20.1 Å². The molecule has 269 valence electrons. The summed E-state index contributed by atoms with van der Waals surface area (Å²) in [5.41, 5.74) is 16.2. The van der Waals surface area contributed by atoms with Gasteiger partial charge in [-0.05, 0) is 125 Å². The molecular weight excluding hydrogens is 849 g/mol. The van der Waals surface area contributed by atoms with E-state index in [0.29, 0.717) is 0 Å². The van der Waals surface area contributed by atoms with E-state index >= 15 is 0 Å². The molecule has 0 saturated carbocycles. The fourth-order valence-corrected chi connectivity index (χ4v) is 7.05. The van der Waals surface area contributed by atoms with Crippen molar-refractivity contribution in [1.29, 1.82) is 0 Å². The van der Waals surface area contributed by atoms with E-state index in [2.05, 4.69) is 140 Å². The predicted octanol–water partition coefficient (Wildman–Crippen LogP) is 12.4. The van der Waals surface area contributed by atoms with E-state index in [1.165, 1.54) is 38.4 Å². The standard InChI is InChI=1S/C39H30N3.C11H8N.Ir/c1-24-13-15-41-38(16-24)28-12-11-25(2)36(22-28)31-19-30(29-17-26(3)42-27(4)18-29)20-32(21-31)37-23-39-35(10-7-14-40-39)33-8-5-6-9-34(33)37;1-2-6-10(7-3-1)11-8-4-5-9-12-11;/h5-11,13-23H,1-4H3;1-6,8-9H;/q2*-1;. The zero-order valence-electron chi connectivity index (χ0n) is 31.1. The molecule has 5 heteroatoms. The summed E-state index contributed by atoms with van der Waals surface area (Å²) in [4.78, 5) is 18.3. The number of aromatic nitrogens is 4. The summed E-state index contributed by atoms with van der Waals surface area (Å²) in [7, 11) is 0. The van der Waals surface area contributed by atoms with Crippen LogP contribution in [-0.4, -0.2) is 19.9 Å². The number of pyridine rings is 4. The van der Waals surface area contributed by atoms with Crippen LogP contribution in [0.4, 0.5) is 0 Å². The van der Waals surface area contributed by atoms with Gasteiger partial charge in [-0.1, -0.05) is 66.6 Å². The van der Waals surface area contributed by atoms with Gasteiger partial charge in [0.25, 0.3) is 0 Å². The number of nitrogens with zero attached hydrogens (tertiary/aromatic N) is 4. The summed E-state index contributed by atoms with van der Waals surface area (Å²) < 4.78 is 0. The molecular formula is C50H38IrN4-2. The van der Waals surface area contributed by atoms with Crippen LogP contribution in [0.5, 0.6) is 0 Å². The predicted molar refractivity (Wildman–Crippen MR) is 223 cm³/mol. The molecule has 0 unspecified atom stereocenters. The largest absolute Gasteiger partial charge is 0.305 e. The average Bonchev–Trinajstić information content (AvgIpc) is 3.21. The molecule has 55 heavy (non-hydrogen) atoms. The Hall–Kier alpha value is -6.13. The van der Waals surface area contributed by atoms with Crippen LogP contribution in [0.25, 0.3) is 77.6 Å². The number of benzene rings is 5. The quantitative estimate of drug-likeness (QED) is 0.128. The molecule has 4 heterocycles. The van der Waals surface area contributed by atoms with Crippen LogP contribution >= 0.6 is 0 Å². The first-order valence-electron chi connectivity index (χ1n) is 18.1. The molecule has 0 saturated heterocycles. The van der Waals surface area contributed by atoms with Gasteiger partial charge in [0.1, 0.15) is 0 Å². The molecule has 0 spiro atoms. The van der Waals surface area contributed by atoms with Gasteiger partial charge in [0, 0.05) is 55.5 Å². The van der Waals surface area contributed by atoms with Crippen LogP contribution in [0, 0.1) is 39.8 Å². The van der Waals surface area contributed by atoms with Gasteiger partial charge in [-0.2, -0.15) is 0 Å². The molecule has 0 aliphatic carbocycles. The second-order valence-corrected chi connectivity index (χ2v) is 13.6. The zero-order chi connectivity index (χ0) is 37.0. The van der Waals surface area contributed by atoms with Gasteiger partial charge in [-0.25, -0.2) is 0 Å². The van der Waals surface area contributed by atoms with Gasteiger partial charge in [-0.15, -0.1) is 65.2 Å². The van der Waals surface area contributed by atoms with E-state index in [1.54, 1.807) is 6.20 Å². The normalized spacial score (nSPS) is 10.8. The average molecular weight is 887 g/mol. The van der Waals surface area contributed by atoms with Crippen molar-refractivity contribution in [2.45, 2.75) is 27.7 Å². The third-order valence-electron chi connectivity index (χ3n) is 9.60. The minimum Gasteiger partial charge on any atom is -0.305 e. The minimum absolute atomic E-state index is 0. The number of aryl methyl sites for hydroxylation is 4. The van der Waals surface area contributed by atoms with Gasteiger partial charge in [-0.3, -0.25) is 9.97 Å². The fourth-order valence-electron chi connectivity index (χ4n) is 7.05. The molecule has 0 atom stereocenters. The topological polar surface area (TPSA) is 51.6 Å². The zero-order valence-corrected chi connectivity index (χ0v) is 33.5. The first kappa shape index (κ1) is 37.2. The summed E-state index contributed by atoms with van der Waals surface area (Å²) in [6.07, 6.45) is 5.52. The van der Waals surface area contributed by atoms with Crippen molar-refractivity contribution in [3.63, 3.8) is 0 Å². The van der Waals surface area contributed by atoms with Crippen LogP contribution in [-0.2, 0) is 20.1 Å². The summed E-state index contributed by atoms with van der Waals surface area (Å²) >= 11 is 0. The number of hydrogen-bond acceptors (Lipinski definition) is 4. The monoisotopic (exact) mass is 887 g/mol. The Balaban J connectivity index is 0.000000305. The molecule has 4 aromatic heterocycles. The Morgan fingerprint density at radius 3 is 1.87 bits per heavy atom. The first-order valence-corrected chi connectivity index (χ1v) is 18.1. The summed E-state index contributed by atoms with van der Waals surface area (Å²) in [6.45, 7) is 8.36. The second kappa shape index (κ2) is 16.5. The molecule has 9 aromatic rings. The van der Waals surface area contributed by atoms with E-state index in [9.17, 15) is 0 Å². The van der Waals surface area contributed by atoms with E-state index in [1.807, 2.05) is 67.0 Å². The molecule has 0 amide bonds. The van der Waals surface area contributed by atoms with Crippen LogP contribution < -0.4 is 0 Å². The maximum Gasteiger partial charge on any atom is 0.0714 e. The van der Waals surface area contributed by atoms with E-state index < -0.39 is 0 Å². The van der Waals surface area contributed by atoms with Crippen molar-refractivity contribution in [1.82, 2.24) is 19.9 Å². The summed E-state index contributed by atoms with van der Waals surface area (Å²) in [6, 6.07) is 55.0. The molecule has 0 bridgehead atoms. The molecule has 4 nitrogen and oxygen atoms in total. The summed E-state index contributed by atoms with van der Waals surface area (Å²) in [5.74, 6) is 0. The fraction of sp³-hybridized carbons (Fsp3) is 0.0800. The van der Waals surface area contributed by atoms with Crippen molar-refractivity contribution in [2.75, 3.05) is 0 Å². The van der Waals surface area contributed by atoms with Crippen molar-refractivity contribution >= 4 is 21.7 Å². The van der Waals surface area contributed by atoms with Crippen LogP contribution in [0.2, 0.25) is 0 Å². The Bertz CT molecular complexity index is 2700. The molecule has 5 aromatic carbocycles. The molecule has 0 aliphatic heterocycles. The molecule has 0 N–H and O–H groups in total. The maximum atomic E-state index is 4.75. The van der Waals surface area contributed by atoms with Gasteiger partial charge in [0.2, 0.25) is 0 Å². The minimum atomic E-state index is 0. The van der Waals surface area contributed by atoms with Gasteiger partial charge in [0.15, 0.2) is 0 Å². The smallest absolute Gasteiger partial charge is 0.0714 e. The number of hydrogen-bond donors (Lipinski definition) is 0. The van der Waals surface area contributed by atoms with E-state index in [4.69, 9.17) is 4.98 Å². The van der Waals surface area contributed by atoms with Crippen LogP contribution in [0.15, 0.2) is 158 Å². The molecule has 0 fully saturated rings. The number of fused-ring (bicyclic) bond motifs is 3. The van der Waals surface area contributed by atoms with Crippen molar-refractivity contribution in [3.8, 4) is 55.9 Å². The van der Waals surface area contributed by atoms with Crippen LogP contribution in [0.1, 0.15) is 22.5 Å². The Morgan fingerprint density at radius 2 is 1.13 bits per heavy atom. The first-order chi connectivity index (χ1) is 26.4. The number of rotatable bonds is 5. The third kappa shape index (κ3) is 8.19. The molecule has 0 aliphatic rings. The Morgan fingerprint density at radius 1 is 0.455 bits per heavy atom. The molecule has 9 rings (SSSR count). The third-order valence-corrected chi connectivity index (χ3v) is 9.60. The Kier molecular flexibility index (Phi) is 11.1. The van der Waals surface area contributed by atoms with E-state index in [-0.39, 0.29) is 20.1 Å². The van der Waals surface area contributed by atoms with Crippen molar-refractivity contribution in [3.05, 3.63) is 193 Å². The molecule has 1 radical (unpaired) electrons. The van der Waals surface area contributed by atoms with Crippen LogP contribution in [0.3, 0.4) is 0 Å². The SMILES string of the molecule is Cc1ccnc(-c2[c-]cc(C)c(-c3cc(-c4cc(C)nc(C)c4)cc(-c4cc5ncccc5c5ccccc45)c3)c2)c1.[Ir].[c-]1ccccc1-c1ccccn1.